The Labute approximate surface area is 192 Å². The number of rotatable bonds is 8. The molecule has 3 aromatic carbocycles. The molecule has 2 N–H and O–H groups in total. The lowest BCUT2D eigenvalue weighted by Gasteiger charge is -2.12. The third kappa shape index (κ3) is 5.57. The first-order valence-electron chi connectivity index (χ1n) is 10.8. The van der Waals surface area contributed by atoms with Crippen LogP contribution in [0, 0.1) is 5.92 Å². The van der Waals surface area contributed by atoms with E-state index >= 15 is 0 Å². The van der Waals surface area contributed by atoms with E-state index in [-0.39, 0.29) is 30.9 Å². The Kier molecular flexibility index (Phi) is 6.69. The number of nitrogens with one attached hydrogen (secondary N) is 2. The average molecular weight is 443 g/mol. The minimum Gasteiger partial charge on any atom is -0.486 e. The Morgan fingerprint density at radius 3 is 2.21 bits per heavy atom. The van der Waals surface area contributed by atoms with E-state index in [2.05, 4.69) is 15.6 Å². The van der Waals surface area contributed by atoms with Crippen LogP contribution in [-0.4, -0.2) is 21.4 Å². The molecule has 0 bridgehead atoms. The fourth-order valence-electron chi connectivity index (χ4n) is 3.34. The molecule has 0 fully saturated rings. The van der Waals surface area contributed by atoms with Gasteiger partial charge in [0.1, 0.15) is 24.7 Å². The van der Waals surface area contributed by atoms with Crippen molar-refractivity contribution in [2.45, 2.75) is 27.0 Å². The summed E-state index contributed by atoms with van der Waals surface area (Å²) in [4.78, 5) is 29.3. The highest BCUT2D eigenvalue weighted by atomic mass is 16.5. The molecule has 0 unspecified atom stereocenters. The summed E-state index contributed by atoms with van der Waals surface area (Å²) in [5.74, 6) is 1.07. The highest BCUT2D eigenvalue weighted by molar-refractivity contribution is 5.94. The third-order valence-corrected chi connectivity index (χ3v) is 5.11. The number of nitrogens with zero attached hydrogens (tertiary/aromatic N) is 2. The number of imidazole rings is 1. The molecule has 7 heteroatoms. The number of ether oxygens (including phenoxy) is 1. The lowest BCUT2D eigenvalue weighted by atomic mass is 10.2. The average Bonchev–Trinajstić information content (AvgIpc) is 3.16. The van der Waals surface area contributed by atoms with E-state index in [0.717, 1.165) is 16.8 Å². The smallest absolute Gasteiger partial charge is 0.244 e. The highest BCUT2D eigenvalue weighted by Gasteiger charge is 2.15. The van der Waals surface area contributed by atoms with Crippen molar-refractivity contribution in [1.29, 1.82) is 0 Å². The van der Waals surface area contributed by atoms with Gasteiger partial charge in [-0.1, -0.05) is 44.2 Å². The van der Waals surface area contributed by atoms with Gasteiger partial charge in [-0.2, -0.15) is 0 Å². The molecule has 0 spiro atoms. The topological polar surface area (TPSA) is 85.2 Å². The Morgan fingerprint density at radius 2 is 1.52 bits per heavy atom. The zero-order valence-corrected chi connectivity index (χ0v) is 18.6. The second-order valence-electron chi connectivity index (χ2n) is 7.97. The summed E-state index contributed by atoms with van der Waals surface area (Å²) in [6, 6.07) is 24.3. The van der Waals surface area contributed by atoms with E-state index in [1.54, 1.807) is 24.3 Å². The SMILES string of the molecule is CC(C)C(=O)Nc1ccc(NC(=O)Cn2c(COc3ccccc3)nc3ccccc32)cc1. The quantitative estimate of drug-likeness (QED) is 0.409. The van der Waals surface area contributed by atoms with Gasteiger partial charge >= 0.3 is 0 Å². The molecule has 33 heavy (non-hydrogen) atoms. The van der Waals surface area contributed by atoms with Gasteiger partial charge < -0.3 is 19.9 Å². The molecule has 4 aromatic rings. The van der Waals surface area contributed by atoms with Crippen LogP contribution in [0.5, 0.6) is 5.75 Å². The number of hydrogen-bond donors (Lipinski definition) is 2. The van der Waals surface area contributed by atoms with Gasteiger partial charge in [0, 0.05) is 17.3 Å². The fourth-order valence-corrected chi connectivity index (χ4v) is 3.34. The van der Waals surface area contributed by atoms with Crippen molar-refractivity contribution >= 4 is 34.2 Å². The molecule has 0 radical (unpaired) electrons. The monoisotopic (exact) mass is 442 g/mol. The van der Waals surface area contributed by atoms with Crippen molar-refractivity contribution < 1.29 is 14.3 Å². The molecule has 1 aromatic heterocycles. The molecule has 0 aliphatic rings. The van der Waals surface area contributed by atoms with Gasteiger partial charge in [-0.15, -0.1) is 0 Å². The molecular weight excluding hydrogens is 416 g/mol. The van der Waals surface area contributed by atoms with Crippen LogP contribution in [0.4, 0.5) is 11.4 Å². The minimum atomic E-state index is -0.182. The first-order chi connectivity index (χ1) is 16.0. The molecule has 7 nitrogen and oxygen atoms in total. The van der Waals surface area contributed by atoms with Crippen LogP contribution in [0.2, 0.25) is 0 Å². The minimum absolute atomic E-state index is 0.0518. The van der Waals surface area contributed by atoms with Crippen molar-refractivity contribution in [1.82, 2.24) is 9.55 Å². The normalized spacial score (nSPS) is 10.9. The Balaban J connectivity index is 1.46. The van der Waals surface area contributed by atoms with Crippen molar-refractivity contribution in [2.24, 2.45) is 5.92 Å². The number of hydrogen-bond acceptors (Lipinski definition) is 4. The number of carbonyl (C=O) groups is 2. The number of para-hydroxylation sites is 3. The summed E-state index contributed by atoms with van der Waals surface area (Å²) >= 11 is 0. The fraction of sp³-hybridized carbons (Fsp3) is 0.192. The van der Waals surface area contributed by atoms with Crippen LogP contribution in [0.1, 0.15) is 19.7 Å². The molecule has 2 amide bonds. The number of benzene rings is 3. The lowest BCUT2D eigenvalue weighted by Crippen LogP contribution is -2.21. The number of fused-ring (bicyclic) bond motifs is 1. The first kappa shape index (κ1) is 22.1. The van der Waals surface area contributed by atoms with Crippen LogP contribution in [0.15, 0.2) is 78.9 Å². The van der Waals surface area contributed by atoms with Crippen LogP contribution in [-0.2, 0) is 22.7 Å². The second-order valence-corrected chi connectivity index (χ2v) is 7.97. The van der Waals surface area contributed by atoms with Gasteiger partial charge in [0.2, 0.25) is 11.8 Å². The molecule has 0 aliphatic heterocycles. The van der Waals surface area contributed by atoms with Crippen molar-refractivity contribution in [2.75, 3.05) is 10.6 Å². The van der Waals surface area contributed by atoms with Crippen molar-refractivity contribution in [3.63, 3.8) is 0 Å². The zero-order valence-electron chi connectivity index (χ0n) is 18.6. The molecule has 0 saturated carbocycles. The van der Waals surface area contributed by atoms with Crippen LogP contribution in [0.3, 0.4) is 0 Å². The Hall–Kier alpha value is -4.13. The zero-order chi connectivity index (χ0) is 23.2. The van der Waals surface area contributed by atoms with E-state index in [1.807, 2.05) is 73.0 Å². The maximum atomic E-state index is 12.8. The van der Waals surface area contributed by atoms with E-state index in [1.165, 1.54) is 0 Å². The predicted molar refractivity (Wildman–Crippen MR) is 129 cm³/mol. The van der Waals surface area contributed by atoms with Gasteiger partial charge in [-0.05, 0) is 48.5 Å². The standard InChI is InChI=1S/C26H26N4O3/c1-18(2)26(32)28-20-14-12-19(13-15-20)27-25(31)16-30-23-11-7-6-10-22(23)29-24(30)17-33-21-8-4-3-5-9-21/h3-15,18H,16-17H2,1-2H3,(H,27,31)(H,28,32). The summed E-state index contributed by atoms with van der Waals surface area (Å²) in [5, 5.41) is 5.74. The maximum Gasteiger partial charge on any atom is 0.244 e. The summed E-state index contributed by atoms with van der Waals surface area (Å²) in [7, 11) is 0. The van der Waals surface area contributed by atoms with Gasteiger partial charge in [0.05, 0.1) is 11.0 Å². The predicted octanol–water partition coefficient (Wildman–Crippen LogP) is 4.85. The molecular formula is C26H26N4O3. The van der Waals surface area contributed by atoms with Crippen LogP contribution in [0.25, 0.3) is 11.0 Å². The molecule has 0 saturated heterocycles. The molecule has 168 valence electrons. The summed E-state index contributed by atoms with van der Waals surface area (Å²) in [6.07, 6.45) is 0. The maximum absolute atomic E-state index is 12.8. The van der Waals surface area contributed by atoms with E-state index in [9.17, 15) is 9.59 Å². The Bertz CT molecular complexity index is 1250. The van der Waals surface area contributed by atoms with Gasteiger partial charge in [0.15, 0.2) is 0 Å². The largest absolute Gasteiger partial charge is 0.486 e. The Morgan fingerprint density at radius 1 is 0.879 bits per heavy atom. The second kappa shape index (κ2) is 9.99. The lowest BCUT2D eigenvalue weighted by molar-refractivity contribution is -0.119. The summed E-state index contributed by atoms with van der Waals surface area (Å²) in [5.41, 5.74) is 3.01. The van der Waals surface area contributed by atoms with Crippen LogP contribution >= 0.6 is 0 Å². The van der Waals surface area contributed by atoms with Gasteiger partial charge in [-0.3, -0.25) is 9.59 Å². The third-order valence-electron chi connectivity index (χ3n) is 5.11. The van der Waals surface area contributed by atoms with Crippen molar-refractivity contribution in [3.8, 4) is 5.75 Å². The van der Waals surface area contributed by atoms with E-state index in [4.69, 9.17) is 4.74 Å². The number of carbonyl (C=O) groups excluding carboxylic acids is 2. The highest BCUT2D eigenvalue weighted by Crippen LogP contribution is 2.19. The molecule has 0 aliphatic carbocycles. The van der Waals surface area contributed by atoms with Crippen LogP contribution < -0.4 is 15.4 Å². The molecule has 0 atom stereocenters. The number of amides is 2. The molecule has 1 heterocycles. The van der Waals surface area contributed by atoms with E-state index in [0.29, 0.717) is 17.2 Å². The van der Waals surface area contributed by atoms with E-state index < -0.39 is 0 Å². The molecule has 4 rings (SSSR count). The first-order valence-corrected chi connectivity index (χ1v) is 10.8. The summed E-state index contributed by atoms with van der Waals surface area (Å²) in [6.45, 7) is 4.02. The number of aromatic nitrogens is 2. The summed E-state index contributed by atoms with van der Waals surface area (Å²) < 4.78 is 7.74. The van der Waals surface area contributed by atoms with Crippen molar-refractivity contribution in [3.05, 3.63) is 84.7 Å². The number of anilines is 2. The van der Waals surface area contributed by atoms with Gasteiger partial charge in [0.25, 0.3) is 0 Å². The van der Waals surface area contributed by atoms with Gasteiger partial charge in [-0.25, -0.2) is 4.98 Å².